The van der Waals surface area contributed by atoms with Crippen LogP contribution in [-0.2, 0) is 30.7 Å². The van der Waals surface area contributed by atoms with E-state index in [-0.39, 0.29) is 5.91 Å². The number of benzene rings is 1. The number of carbonyl (C=O) groups is 1. The second-order valence-corrected chi connectivity index (χ2v) is 5.69. The van der Waals surface area contributed by atoms with E-state index in [0.717, 1.165) is 36.6 Å². The van der Waals surface area contributed by atoms with Gasteiger partial charge < -0.3 is 15.6 Å². The number of fused-ring (bicyclic) bond motifs is 1. The van der Waals surface area contributed by atoms with E-state index in [0.29, 0.717) is 18.7 Å². The number of anilines is 1. The largest absolute Gasteiger partial charge is 0.399 e. The summed E-state index contributed by atoms with van der Waals surface area (Å²) in [5.74, 6) is 1.87. The van der Waals surface area contributed by atoms with Gasteiger partial charge in [-0.25, -0.2) is 0 Å². The maximum absolute atomic E-state index is 12.0. The Labute approximate surface area is 129 Å². The Morgan fingerprint density at radius 3 is 2.82 bits per heavy atom. The molecule has 0 saturated heterocycles. The van der Waals surface area contributed by atoms with Gasteiger partial charge in [-0.2, -0.15) is 0 Å². The van der Waals surface area contributed by atoms with Gasteiger partial charge in [-0.15, -0.1) is 10.2 Å². The summed E-state index contributed by atoms with van der Waals surface area (Å²) in [6.45, 7) is 1.38. The minimum atomic E-state index is -0.0178. The molecule has 0 saturated carbocycles. The molecular formula is C16H21N5O. The zero-order chi connectivity index (χ0) is 15.4. The van der Waals surface area contributed by atoms with E-state index in [1.807, 2.05) is 12.1 Å². The lowest BCUT2D eigenvalue weighted by molar-refractivity contribution is -0.120. The van der Waals surface area contributed by atoms with Gasteiger partial charge in [0.1, 0.15) is 5.82 Å². The van der Waals surface area contributed by atoms with Gasteiger partial charge in [-0.3, -0.25) is 4.79 Å². The number of nitrogens with zero attached hydrogens (tertiary/aromatic N) is 3. The summed E-state index contributed by atoms with van der Waals surface area (Å²) < 4.78 is 2.15. The van der Waals surface area contributed by atoms with Crippen molar-refractivity contribution in [2.24, 2.45) is 0 Å². The third-order valence-corrected chi connectivity index (χ3v) is 3.97. The minimum absolute atomic E-state index is 0.0178. The van der Waals surface area contributed by atoms with E-state index < -0.39 is 0 Å². The van der Waals surface area contributed by atoms with Gasteiger partial charge in [-0.1, -0.05) is 18.6 Å². The predicted octanol–water partition coefficient (Wildman–Crippen LogP) is 1.45. The molecule has 1 aromatic heterocycles. The third kappa shape index (κ3) is 3.44. The molecule has 0 unspecified atom stereocenters. The lowest BCUT2D eigenvalue weighted by atomic mass is 10.1. The molecule has 0 fully saturated rings. The number of carbonyl (C=O) groups excluding carboxylic acids is 1. The molecule has 1 aliphatic heterocycles. The first-order valence-electron chi connectivity index (χ1n) is 7.74. The lowest BCUT2D eigenvalue weighted by Gasteiger charge is -2.08. The molecule has 0 aliphatic carbocycles. The van der Waals surface area contributed by atoms with Gasteiger partial charge in [0, 0.05) is 18.7 Å². The fourth-order valence-corrected chi connectivity index (χ4v) is 2.74. The quantitative estimate of drug-likeness (QED) is 0.837. The molecule has 2 heterocycles. The summed E-state index contributed by atoms with van der Waals surface area (Å²) in [4.78, 5) is 12.0. The normalized spacial score (nSPS) is 14.2. The smallest absolute Gasteiger partial charge is 0.224 e. The first-order valence-corrected chi connectivity index (χ1v) is 7.74. The zero-order valence-corrected chi connectivity index (χ0v) is 12.6. The minimum Gasteiger partial charge on any atom is -0.399 e. The van der Waals surface area contributed by atoms with Gasteiger partial charge in [0.15, 0.2) is 5.82 Å². The van der Waals surface area contributed by atoms with E-state index in [1.54, 1.807) is 12.1 Å². The molecule has 1 amide bonds. The monoisotopic (exact) mass is 299 g/mol. The molecule has 22 heavy (non-hydrogen) atoms. The van der Waals surface area contributed by atoms with Crippen LogP contribution in [0, 0.1) is 0 Å². The van der Waals surface area contributed by atoms with Crippen LogP contribution in [0.15, 0.2) is 24.3 Å². The molecule has 6 nitrogen and oxygen atoms in total. The number of hydrogen-bond donors (Lipinski definition) is 2. The van der Waals surface area contributed by atoms with Crippen molar-refractivity contribution >= 4 is 11.6 Å². The van der Waals surface area contributed by atoms with Crippen LogP contribution in [0.1, 0.15) is 36.5 Å². The van der Waals surface area contributed by atoms with Crippen molar-refractivity contribution in [3.05, 3.63) is 41.5 Å². The topological polar surface area (TPSA) is 85.8 Å². The summed E-state index contributed by atoms with van der Waals surface area (Å²) in [5.41, 5.74) is 7.29. The number of nitrogens with two attached hydrogens (primary N) is 1. The third-order valence-electron chi connectivity index (χ3n) is 3.97. The van der Waals surface area contributed by atoms with Crippen LogP contribution in [0.25, 0.3) is 0 Å². The van der Waals surface area contributed by atoms with E-state index in [1.165, 1.54) is 12.8 Å². The number of amides is 1. The van der Waals surface area contributed by atoms with Crippen molar-refractivity contribution in [2.75, 3.05) is 5.73 Å². The highest BCUT2D eigenvalue weighted by molar-refractivity contribution is 5.78. The Morgan fingerprint density at radius 2 is 2.00 bits per heavy atom. The van der Waals surface area contributed by atoms with Crippen LogP contribution in [0.3, 0.4) is 0 Å². The highest BCUT2D eigenvalue weighted by Gasteiger charge is 2.15. The SMILES string of the molecule is Nc1ccc(CC(=O)NCc2nnc3n2CCCCC3)cc1. The van der Waals surface area contributed by atoms with Crippen molar-refractivity contribution in [1.29, 1.82) is 0 Å². The summed E-state index contributed by atoms with van der Waals surface area (Å²) in [7, 11) is 0. The Bertz CT molecular complexity index is 647. The molecular weight excluding hydrogens is 278 g/mol. The first kappa shape index (κ1) is 14.6. The Morgan fingerprint density at radius 1 is 1.18 bits per heavy atom. The molecule has 3 N–H and O–H groups in total. The maximum Gasteiger partial charge on any atom is 0.224 e. The van der Waals surface area contributed by atoms with Gasteiger partial charge >= 0.3 is 0 Å². The molecule has 1 aromatic carbocycles. The summed E-state index contributed by atoms with van der Waals surface area (Å²) in [5, 5.41) is 11.4. The average Bonchev–Trinajstić information content (AvgIpc) is 2.75. The van der Waals surface area contributed by atoms with Gasteiger partial charge in [0.25, 0.3) is 0 Å². The standard InChI is InChI=1S/C16H21N5O/c17-13-7-5-12(6-8-13)10-16(22)18-11-15-20-19-14-4-2-1-3-9-21(14)15/h5-8H,1-4,9-11,17H2,(H,18,22). The maximum atomic E-state index is 12.0. The molecule has 3 rings (SSSR count). The number of aryl methyl sites for hydroxylation is 1. The van der Waals surface area contributed by atoms with Crippen LogP contribution in [0.5, 0.6) is 0 Å². The van der Waals surface area contributed by atoms with Crippen LogP contribution in [-0.4, -0.2) is 20.7 Å². The van der Waals surface area contributed by atoms with Crippen molar-refractivity contribution in [3.8, 4) is 0 Å². The lowest BCUT2D eigenvalue weighted by Crippen LogP contribution is -2.26. The van der Waals surface area contributed by atoms with Gasteiger partial charge in [-0.05, 0) is 30.5 Å². The van der Waals surface area contributed by atoms with E-state index >= 15 is 0 Å². The number of nitrogen functional groups attached to an aromatic ring is 1. The van der Waals surface area contributed by atoms with Crippen molar-refractivity contribution in [2.45, 2.75) is 45.2 Å². The van der Waals surface area contributed by atoms with E-state index in [9.17, 15) is 4.79 Å². The Balaban J connectivity index is 1.57. The molecule has 116 valence electrons. The first-order chi connectivity index (χ1) is 10.7. The fraction of sp³-hybridized carbons (Fsp3) is 0.438. The summed E-state index contributed by atoms with van der Waals surface area (Å²) in [6.07, 6.45) is 4.87. The molecule has 6 heteroatoms. The number of nitrogens with one attached hydrogen (secondary N) is 1. The highest BCUT2D eigenvalue weighted by atomic mass is 16.1. The van der Waals surface area contributed by atoms with Crippen molar-refractivity contribution in [3.63, 3.8) is 0 Å². The molecule has 2 aromatic rings. The number of aromatic nitrogens is 3. The molecule has 0 radical (unpaired) electrons. The predicted molar refractivity (Wildman–Crippen MR) is 84.0 cm³/mol. The van der Waals surface area contributed by atoms with Gasteiger partial charge in [0.2, 0.25) is 5.91 Å². The molecule has 0 spiro atoms. The summed E-state index contributed by atoms with van der Waals surface area (Å²) in [6, 6.07) is 7.36. The highest BCUT2D eigenvalue weighted by Crippen LogP contribution is 2.14. The average molecular weight is 299 g/mol. The second kappa shape index (κ2) is 6.60. The fourth-order valence-electron chi connectivity index (χ4n) is 2.74. The van der Waals surface area contributed by atoms with E-state index in [2.05, 4.69) is 20.1 Å². The van der Waals surface area contributed by atoms with E-state index in [4.69, 9.17) is 5.73 Å². The molecule has 0 atom stereocenters. The second-order valence-electron chi connectivity index (χ2n) is 5.69. The number of hydrogen-bond acceptors (Lipinski definition) is 4. The Hall–Kier alpha value is -2.37. The zero-order valence-electron chi connectivity index (χ0n) is 12.6. The molecule has 0 bridgehead atoms. The Kier molecular flexibility index (Phi) is 4.37. The summed E-state index contributed by atoms with van der Waals surface area (Å²) >= 11 is 0. The van der Waals surface area contributed by atoms with Crippen LogP contribution in [0.2, 0.25) is 0 Å². The van der Waals surface area contributed by atoms with Gasteiger partial charge in [0.05, 0.1) is 13.0 Å². The van der Waals surface area contributed by atoms with Crippen LogP contribution in [0.4, 0.5) is 5.69 Å². The van der Waals surface area contributed by atoms with Crippen molar-refractivity contribution in [1.82, 2.24) is 20.1 Å². The molecule has 1 aliphatic rings. The van der Waals surface area contributed by atoms with Crippen LogP contribution >= 0.6 is 0 Å². The van der Waals surface area contributed by atoms with Crippen molar-refractivity contribution < 1.29 is 4.79 Å². The number of rotatable bonds is 4. The van der Waals surface area contributed by atoms with Crippen LogP contribution < -0.4 is 11.1 Å².